The van der Waals surface area contributed by atoms with E-state index in [-0.39, 0.29) is 12.2 Å². The quantitative estimate of drug-likeness (QED) is 0.683. The molecule has 2 rings (SSSR count). The molecule has 2 unspecified atom stereocenters. The van der Waals surface area contributed by atoms with Gasteiger partial charge in [0.2, 0.25) is 0 Å². The van der Waals surface area contributed by atoms with Gasteiger partial charge in [-0.05, 0) is 10.8 Å². The van der Waals surface area contributed by atoms with Crippen LogP contribution in [0.5, 0.6) is 0 Å². The molecule has 2 N–H and O–H groups in total. The van der Waals surface area contributed by atoms with E-state index in [0.29, 0.717) is 26.2 Å². The van der Waals surface area contributed by atoms with Gasteiger partial charge >= 0.3 is 11.9 Å². The van der Waals surface area contributed by atoms with Crippen molar-refractivity contribution < 1.29 is 23.8 Å². The zero-order chi connectivity index (χ0) is 18.8. The van der Waals surface area contributed by atoms with E-state index < -0.39 is 35.0 Å². The Kier molecular flexibility index (Phi) is 6.12. The third-order valence-electron chi connectivity index (χ3n) is 4.33. The van der Waals surface area contributed by atoms with E-state index in [2.05, 4.69) is 10.6 Å². The van der Waals surface area contributed by atoms with Gasteiger partial charge in [-0.1, -0.05) is 41.5 Å². The summed E-state index contributed by atoms with van der Waals surface area (Å²) in [5.41, 5.74) is -1.01. The van der Waals surface area contributed by atoms with Crippen LogP contribution in [0.3, 0.4) is 0 Å². The van der Waals surface area contributed by atoms with Crippen LogP contribution in [0.1, 0.15) is 41.5 Å². The van der Waals surface area contributed by atoms with Gasteiger partial charge in [-0.15, -0.1) is 0 Å². The van der Waals surface area contributed by atoms with Crippen LogP contribution in [0.15, 0.2) is 0 Å². The molecule has 0 aromatic carbocycles. The summed E-state index contributed by atoms with van der Waals surface area (Å²) in [6.07, 6.45) is -1.93. The lowest BCUT2D eigenvalue weighted by atomic mass is 9.85. The van der Waals surface area contributed by atoms with Crippen molar-refractivity contribution in [2.45, 2.75) is 66.0 Å². The summed E-state index contributed by atoms with van der Waals surface area (Å²) in [5.74, 6) is -0.849. The first kappa shape index (κ1) is 20.1. The monoisotopic (exact) mass is 356 g/mol. The maximum Gasteiger partial charge on any atom is 0.336 e. The lowest BCUT2D eigenvalue weighted by Crippen LogP contribution is -2.55. The minimum Gasteiger partial charge on any atom is -0.458 e. The number of hydrogen-bond acceptors (Lipinski definition) is 7. The second-order valence-corrected chi connectivity index (χ2v) is 9.06. The highest BCUT2D eigenvalue weighted by Gasteiger charge is 2.44. The van der Waals surface area contributed by atoms with Crippen LogP contribution in [-0.2, 0) is 23.8 Å². The molecule has 7 heteroatoms. The van der Waals surface area contributed by atoms with Crippen molar-refractivity contribution in [3.05, 3.63) is 0 Å². The molecule has 2 heterocycles. The van der Waals surface area contributed by atoms with Gasteiger partial charge < -0.3 is 24.8 Å². The molecular formula is C18H32N2O5. The zero-order valence-corrected chi connectivity index (χ0v) is 16.2. The van der Waals surface area contributed by atoms with E-state index in [4.69, 9.17) is 14.2 Å². The first-order valence-electron chi connectivity index (χ1n) is 8.96. The fourth-order valence-electron chi connectivity index (χ4n) is 2.51. The van der Waals surface area contributed by atoms with E-state index in [9.17, 15) is 9.59 Å². The summed E-state index contributed by atoms with van der Waals surface area (Å²) in [4.78, 5) is 25.3. The third kappa shape index (κ3) is 5.39. The molecule has 144 valence electrons. The predicted octanol–water partition coefficient (Wildman–Crippen LogP) is 0.862. The molecule has 0 aliphatic carbocycles. The van der Waals surface area contributed by atoms with Gasteiger partial charge in [-0.3, -0.25) is 0 Å². The first-order chi connectivity index (χ1) is 11.5. The van der Waals surface area contributed by atoms with E-state index >= 15 is 0 Å². The van der Waals surface area contributed by atoms with Gasteiger partial charge in [-0.25, -0.2) is 9.59 Å². The van der Waals surface area contributed by atoms with Crippen LogP contribution in [0.25, 0.3) is 0 Å². The van der Waals surface area contributed by atoms with Crippen LogP contribution < -0.4 is 10.6 Å². The minimum absolute atomic E-state index is 0.123. The van der Waals surface area contributed by atoms with Gasteiger partial charge in [0, 0.05) is 26.2 Å². The second kappa shape index (κ2) is 7.60. The van der Waals surface area contributed by atoms with Gasteiger partial charge in [-0.2, -0.15) is 0 Å². The molecule has 0 bridgehead atoms. The van der Waals surface area contributed by atoms with Crippen LogP contribution in [0.4, 0.5) is 0 Å². The number of hydrogen-bond donors (Lipinski definition) is 2. The van der Waals surface area contributed by atoms with Crippen LogP contribution in [0.2, 0.25) is 0 Å². The van der Waals surface area contributed by atoms with Gasteiger partial charge in [0.25, 0.3) is 0 Å². The fourth-order valence-corrected chi connectivity index (χ4v) is 2.51. The van der Waals surface area contributed by atoms with E-state index in [1.807, 2.05) is 41.5 Å². The van der Waals surface area contributed by atoms with Gasteiger partial charge in [0.05, 0.1) is 0 Å². The Morgan fingerprint density at radius 1 is 0.760 bits per heavy atom. The number of carbonyl (C=O) groups excluding carboxylic acids is 2. The smallest absolute Gasteiger partial charge is 0.336 e. The molecule has 7 nitrogen and oxygen atoms in total. The normalized spacial score (nSPS) is 21.7. The van der Waals surface area contributed by atoms with Crippen molar-refractivity contribution in [2.75, 3.05) is 26.2 Å². The van der Waals surface area contributed by atoms with Gasteiger partial charge in [0.15, 0.2) is 12.2 Å². The van der Waals surface area contributed by atoms with E-state index in [0.717, 1.165) is 0 Å². The SMILES string of the molecule is CC(C)(C)C(OC(C(=O)OC1CNC1)C(C)(C)C)C(=O)OC1CNC1. The molecule has 0 amide bonds. The maximum atomic E-state index is 12.6. The second-order valence-electron chi connectivity index (χ2n) is 9.06. The number of ether oxygens (including phenoxy) is 3. The molecule has 2 atom stereocenters. The Balaban J connectivity index is 2.09. The Morgan fingerprint density at radius 2 is 1.08 bits per heavy atom. The molecule has 2 aliphatic heterocycles. The lowest BCUT2D eigenvalue weighted by Gasteiger charge is -2.38. The number of esters is 2. The zero-order valence-electron chi connectivity index (χ0n) is 16.2. The van der Waals surface area contributed by atoms with Crippen LogP contribution in [-0.4, -0.2) is 62.5 Å². The molecular weight excluding hydrogens is 324 g/mol. The molecule has 0 saturated carbocycles. The average Bonchev–Trinajstić information content (AvgIpc) is 2.35. The molecule has 2 aliphatic rings. The van der Waals surface area contributed by atoms with Crippen LogP contribution in [0, 0.1) is 10.8 Å². The molecule has 0 aromatic heterocycles. The Bertz CT molecular complexity index is 443. The predicted molar refractivity (Wildman–Crippen MR) is 93.1 cm³/mol. The highest BCUT2D eigenvalue weighted by atomic mass is 16.6. The molecule has 25 heavy (non-hydrogen) atoms. The molecule has 0 spiro atoms. The molecule has 2 fully saturated rings. The topological polar surface area (TPSA) is 85.9 Å². The number of rotatable bonds is 6. The highest BCUT2D eigenvalue weighted by Crippen LogP contribution is 2.31. The molecule has 0 aromatic rings. The van der Waals surface area contributed by atoms with E-state index in [1.165, 1.54) is 0 Å². The van der Waals surface area contributed by atoms with Crippen molar-refractivity contribution >= 4 is 11.9 Å². The Hall–Kier alpha value is -1.18. The van der Waals surface area contributed by atoms with Crippen molar-refractivity contribution in [1.29, 1.82) is 0 Å². The van der Waals surface area contributed by atoms with Crippen molar-refractivity contribution in [3.8, 4) is 0 Å². The fraction of sp³-hybridized carbons (Fsp3) is 0.889. The largest absolute Gasteiger partial charge is 0.458 e. The van der Waals surface area contributed by atoms with Gasteiger partial charge in [0.1, 0.15) is 12.2 Å². The molecule has 2 saturated heterocycles. The summed E-state index contributed by atoms with van der Waals surface area (Å²) in [7, 11) is 0. The number of nitrogens with one attached hydrogen (secondary N) is 2. The lowest BCUT2D eigenvalue weighted by molar-refractivity contribution is -0.197. The molecule has 0 radical (unpaired) electrons. The summed E-state index contributed by atoms with van der Waals surface area (Å²) in [6.45, 7) is 14.0. The first-order valence-corrected chi connectivity index (χ1v) is 8.96. The minimum atomic E-state index is -0.843. The van der Waals surface area contributed by atoms with Crippen LogP contribution >= 0.6 is 0 Å². The third-order valence-corrected chi connectivity index (χ3v) is 4.33. The Morgan fingerprint density at radius 3 is 1.28 bits per heavy atom. The van der Waals surface area contributed by atoms with Crippen molar-refractivity contribution in [2.24, 2.45) is 10.8 Å². The standard InChI is InChI=1S/C18H32N2O5/c1-17(2,3)13(15(21)23-11-7-19-8-11)25-14(18(4,5)6)16(22)24-12-9-20-10-12/h11-14,19-20H,7-10H2,1-6H3. The summed E-state index contributed by atoms with van der Waals surface area (Å²) >= 11 is 0. The average molecular weight is 356 g/mol. The van der Waals surface area contributed by atoms with Crippen molar-refractivity contribution in [3.63, 3.8) is 0 Å². The maximum absolute atomic E-state index is 12.6. The van der Waals surface area contributed by atoms with Crippen molar-refractivity contribution in [1.82, 2.24) is 10.6 Å². The summed E-state index contributed by atoms with van der Waals surface area (Å²) in [6, 6.07) is 0. The highest BCUT2D eigenvalue weighted by molar-refractivity contribution is 5.79. The van der Waals surface area contributed by atoms with E-state index in [1.54, 1.807) is 0 Å². The number of carbonyl (C=O) groups is 2. The summed E-state index contributed by atoms with van der Waals surface area (Å²) in [5, 5.41) is 6.13. The Labute approximate surface area is 150 Å². The summed E-state index contributed by atoms with van der Waals surface area (Å²) < 4.78 is 17.0.